The molecule has 138 valence electrons. The molecule has 1 N–H and O–H groups in total. The molecule has 5 heteroatoms. The molecule has 2 fully saturated rings. The van der Waals surface area contributed by atoms with Gasteiger partial charge in [0.15, 0.2) is 5.69 Å². The molecule has 1 aromatic heterocycles. The third-order valence-corrected chi connectivity index (χ3v) is 6.13. The maximum absolute atomic E-state index is 13.2. The number of aromatic nitrogens is 2. The van der Waals surface area contributed by atoms with Crippen LogP contribution in [0.4, 0.5) is 0 Å². The highest BCUT2D eigenvalue weighted by Crippen LogP contribution is 2.30. The SMILES string of the molecule is CCn1nc(C(=O)N2CCCCCC2)c2c1CC[C@@H](NCC1CC1)C2. The fraction of sp³-hybridized carbons (Fsp3) is 0.800. The Bertz CT molecular complexity index is 611. The number of hydrogen-bond donors (Lipinski definition) is 1. The number of fused-ring (bicyclic) bond motifs is 1. The van der Waals surface area contributed by atoms with Crippen LogP contribution in [0.3, 0.4) is 0 Å². The van der Waals surface area contributed by atoms with Crippen molar-refractivity contribution in [3.05, 3.63) is 17.0 Å². The van der Waals surface area contributed by atoms with E-state index in [2.05, 4.69) is 21.8 Å². The first-order valence-electron chi connectivity index (χ1n) is 10.4. The van der Waals surface area contributed by atoms with E-state index in [1.165, 1.54) is 43.4 Å². The number of carbonyl (C=O) groups is 1. The largest absolute Gasteiger partial charge is 0.337 e. The summed E-state index contributed by atoms with van der Waals surface area (Å²) in [6.45, 7) is 5.93. The van der Waals surface area contributed by atoms with Crippen molar-refractivity contribution in [3.63, 3.8) is 0 Å². The Kier molecular flexibility index (Phi) is 5.11. The Balaban J connectivity index is 1.53. The zero-order chi connectivity index (χ0) is 17.2. The first kappa shape index (κ1) is 17.1. The second-order valence-electron chi connectivity index (χ2n) is 8.09. The normalized spacial score (nSPS) is 24.0. The summed E-state index contributed by atoms with van der Waals surface area (Å²) >= 11 is 0. The van der Waals surface area contributed by atoms with E-state index in [4.69, 9.17) is 5.10 Å². The van der Waals surface area contributed by atoms with Crippen molar-refractivity contribution in [3.8, 4) is 0 Å². The molecule has 0 unspecified atom stereocenters. The monoisotopic (exact) mass is 344 g/mol. The van der Waals surface area contributed by atoms with Crippen molar-refractivity contribution >= 4 is 5.91 Å². The van der Waals surface area contributed by atoms with Crippen molar-refractivity contribution < 1.29 is 4.79 Å². The Morgan fingerprint density at radius 3 is 2.60 bits per heavy atom. The minimum absolute atomic E-state index is 0.174. The van der Waals surface area contributed by atoms with Gasteiger partial charge in [-0.15, -0.1) is 0 Å². The maximum atomic E-state index is 13.2. The molecule has 0 radical (unpaired) electrons. The van der Waals surface area contributed by atoms with Crippen LogP contribution in [-0.4, -0.2) is 46.3 Å². The van der Waals surface area contributed by atoms with Crippen LogP contribution in [0.1, 0.15) is 73.6 Å². The van der Waals surface area contributed by atoms with Gasteiger partial charge in [-0.25, -0.2) is 0 Å². The summed E-state index contributed by atoms with van der Waals surface area (Å²) < 4.78 is 2.08. The number of nitrogens with zero attached hydrogens (tertiary/aromatic N) is 3. The maximum Gasteiger partial charge on any atom is 0.274 e. The van der Waals surface area contributed by atoms with Gasteiger partial charge in [0.2, 0.25) is 0 Å². The highest BCUT2D eigenvalue weighted by Gasteiger charge is 2.31. The molecule has 3 aliphatic rings. The number of nitrogens with one attached hydrogen (secondary N) is 1. The Morgan fingerprint density at radius 2 is 1.92 bits per heavy atom. The van der Waals surface area contributed by atoms with Gasteiger partial charge in [0.25, 0.3) is 5.91 Å². The van der Waals surface area contributed by atoms with Crippen molar-refractivity contribution in [2.45, 2.75) is 77.3 Å². The summed E-state index contributed by atoms with van der Waals surface area (Å²) in [6, 6.07) is 0.512. The number of aryl methyl sites for hydroxylation is 1. The molecule has 1 aliphatic heterocycles. The van der Waals surface area contributed by atoms with E-state index < -0.39 is 0 Å². The summed E-state index contributed by atoms with van der Waals surface area (Å²) in [6.07, 6.45) is 10.7. The van der Waals surface area contributed by atoms with E-state index in [-0.39, 0.29) is 5.91 Å². The first-order valence-corrected chi connectivity index (χ1v) is 10.4. The fourth-order valence-corrected chi connectivity index (χ4v) is 4.37. The van der Waals surface area contributed by atoms with Gasteiger partial charge in [0.05, 0.1) is 0 Å². The predicted octanol–water partition coefficient (Wildman–Crippen LogP) is 2.78. The molecule has 1 atom stereocenters. The smallest absolute Gasteiger partial charge is 0.274 e. The van der Waals surface area contributed by atoms with Crippen LogP contribution in [0.25, 0.3) is 0 Å². The Hall–Kier alpha value is -1.36. The van der Waals surface area contributed by atoms with Crippen LogP contribution in [-0.2, 0) is 19.4 Å². The average molecular weight is 345 g/mol. The van der Waals surface area contributed by atoms with E-state index in [9.17, 15) is 4.79 Å². The molecule has 2 heterocycles. The van der Waals surface area contributed by atoms with Gasteiger partial charge in [0, 0.05) is 36.9 Å². The van der Waals surface area contributed by atoms with Gasteiger partial charge >= 0.3 is 0 Å². The lowest BCUT2D eigenvalue weighted by Gasteiger charge is -2.25. The van der Waals surface area contributed by atoms with Crippen molar-refractivity contribution in [1.29, 1.82) is 0 Å². The van der Waals surface area contributed by atoms with E-state index in [0.717, 1.165) is 63.5 Å². The topological polar surface area (TPSA) is 50.2 Å². The molecular weight excluding hydrogens is 312 g/mol. The highest BCUT2D eigenvalue weighted by molar-refractivity contribution is 5.94. The number of rotatable bonds is 5. The second kappa shape index (κ2) is 7.48. The summed E-state index contributed by atoms with van der Waals surface area (Å²) in [5.74, 6) is 1.08. The van der Waals surface area contributed by atoms with Crippen molar-refractivity contribution in [2.75, 3.05) is 19.6 Å². The lowest BCUT2D eigenvalue weighted by Crippen LogP contribution is -2.37. The lowest BCUT2D eigenvalue weighted by molar-refractivity contribution is 0.0753. The molecule has 25 heavy (non-hydrogen) atoms. The zero-order valence-corrected chi connectivity index (χ0v) is 15.6. The van der Waals surface area contributed by atoms with Gasteiger partial charge in [-0.05, 0) is 64.3 Å². The minimum Gasteiger partial charge on any atom is -0.337 e. The number of carbonyl (C=O) groups excluding carboxylic acids is 1. The van der Waals surface area contributed by atoms with Crippen molar-refractivity contribution in [1.82, 2.24) is 20.0 Å². The van der Waals surface area contributed by atoms with Crippen molar-refractivity contribution in [2.24, 2.45) is 5.92 Å². The molecule has 1 saturated carbocycles. The van der Waals surface area contributed by atoms with Gasteiger partial charge < -0.3 is 10.2 Å². The molecule has 0 spiro atoms. The van der Waals surface area contributed by atoms with Crippen LogP contribution in [0.5, 0.6) is 0 Å². The third-order valence-electron chi connectivity index (χ3n) is 6.13. The number of amides is 1. The Morgan fingerprint density at radius 1 is 1.16 bits per heavy atom. The third kappa shape index (κ3) is 3.76. The van der Waals surface area contributed by atoms with Gasteiger partial charge in [-0.3, -0.25) is 9.48 Å². The van der Waals surface area contributed by atoms with Gasteiger partial charge in [-0.1, -0.05) is 12.8 Å². The predicted molar refractivity (Wildman–Crippen MR) is 98.8 cm³/mol. The van der Waals surface area contributed by atoms with E-state index in [0.29, 0.717) is 6.04 Å². The molecule has 0 aromatic carbocycles. The van der Waals surface area contributed by atoms with Crippen LogP contribution in [0.2, 0.25) is 0 Å². The van der Waals surface area contributed by atoms with Crippen LogP contribution < -0.4 is 5.32 Å². The molecule has 1 saturated heterocycles. The van der Waals surface area contributed by atoms with Crippen LogP contribution in [0.15, 0.2) is 0 Å². The molecular formula is C20H32N4O. The van der Waals surface area contributed by atoms with E-state index in [1.54, 1.807) is 0 Å². The molecule has 2 aliphatic carbocycles. The summed E-state index contributed by atoms with van der Waals surface area (Å²) in [5, 5.41) is 8.50. The lowest BCUT2D eigenvalue weighted by atomic mass is 9.91. The molecule has 1 amide bonds. The van der Waals surface area contributed by atoms with E-state index in [1.807, 2.05) is 0 Å². The molecule has 5 nitrogen and oxygen atoms in total. The second-order valence-corrected chi connectivity index (χ2v) is 8.09. The minimum atomic E-state index is 0.174. The molecule has 0 bridgehead atoms. The Labute approximate surface area is 151 Å². The van der Waals surface area contributed by atoms with Crippen LogP contribution >= 0.6 is 0 Å². The zero-order valence-electron chi connectivity index (χ0n) is 15.6. The average Bonchev–Trinajstić information content (AvgIpc) is 3.43. The first-order chi connectivity index (χ1) is 12.3. The fourth-order valence-electron chi connectivity index (χ4n) is 4.37. The quantitative estimate of drug-likeness (QED) is 0.893. The standard InChI is InChI=1S/C20H32N4O/c1-2-24-18-10-9-16(21-14-15-7-8-15)13-17(18)19(22-24)20(25)23-11-5-3-4-6-12-23/h15-16,21H,2-14H2,1H3/t16-/m1/s1. The summed E-state index contributed by atoms with van der Waals surface area (Å²) in [4.78, 5) is 15.2. The molecule has 1 aromatic rings. The van der Waals surface area contributed by atoms with Crippen LogP contribution in [0, 0.1) is 5.92 Å². The highest BCUT2D eigenvalue weighted by atomic mass is 16.2. The number of hydrogen-bond acceptors (Lipinski definition) is 3. The number of likely N-dealkylation sites (tertiary alicyclic amines) is 1. The summed E-state index contributed by atoms with van der Waals surface area (Å²) in [7, 11) is 0. The summed E-state index contributed by atoms with van der Waals surface area (Å²) in [5.41, 5.74) is 3.29. The van der Waals surface area contributed by atoms with Gasteiger partial charge in [-0.2, -0.15) is 5.10 Å². The molecule has 4 rings (SSSR count). The van der Waals surface area contributed by atoms with Gasteiger partial charge in [0.1, 0.15) is 0 Å². The van der Waals surface area contributed by atoms with E-state index >= 15 is 0 Å².